The molecule has 1 saturated carbocycles. The largest absolute Gasteiger partial charge is 0.252 e. The van der Waals surface area contributed by atoms with Crippen LogP contribution in [0.4, 0.5) is 0 Å². The summed E-state index contributed by atoms with van der Waals surface area (Å²) in [6, 6.07) is 2.31. The van der Waals surface area contributed by atoms with Crippen LogP contribution in [0.25, 0.3) is 5.70 Å². The minimum absolute atomic E-state index is 0.582. The molecular weight excluding hydrogens is 388 g/mol. The molecule has 0 amide bonds. The lowest BCUT2D eigenvalue weighted by Crippen LogP contribution is -2.11. The molecule has 3 aliphatic rings. The average molecular weight is 423 g/mol. The molecule has 1 aromatic heterocycles. The fourth-order valence-electron chi connectivity index (χ4n) is 4.76. The van der Waals surface area contributed by atoms with Crippen LogP contribution in [0.3, 0.4) is 0 Å². The molecule has 3 aliphatic carbocycles. The molecule has 3 unspecified atom stereocenters. The first-order chi connectivity index (χ1) is 15.5. The molecule has 0 aliphatic heterocycles. The smallest absolute Gasteiger partial charge is 0.0923 e. The summed E-state index contributed by atoms with van der Waals surface area (Å²) in [5, 5.41) is 0. The molecule has 3 atom stereocenters. The summed E-state index contributed by atoms with van der Waals surface area (Å²) < 4.78 is 0. The van der Waals surface area contributed by atoms with Gasteiger partial charge in [0.25, 0.3) is 0 Å². The van der Waals surface area contributed by atoms with Crippen LogP contribution >= 0.6 is 0 Å². The summed E-state index contributed by atoms with van der Waals surface area (Å²) in [4.78, 5) is 10.0. The quantitative estimate of drug-likeness (QED) is 0.328. The summed E-state index contributed by atoms with van der Waals surface area (Å²) in [7, 11) is 0. The highest BCUT2D eigenvalue weighted by molar-refractivity contribution is 5.98. The minimum Gasteiger partial charge on any atom is -0.252 e. The number of aliphatic imine (C=N–C) groups is 1. The van der Waals surface area contributed by atoms with E-state index in [2.05, 4.69) is 82.9 Å². The van der Waals surface area contributed by atoms with Crippen molar-refractivity contribution in [1.29, 1.82) is 0 Å². The number of aryl methyl sites for hydroxylation is 1. The molecule has 32 heavy (non-hydrogen) atoms. The summed E-state index contributed by atoms with van der Waals surface area (Å²) in [5.41, 5.74) is 9.65. The number of hydrogen-bond acceptors (Lipinski definition) is 2. The molecule has 0 spiro atoms. The molecule has 1 heterocycles. The van der Waals surface area contributed by atoms with Gasteiger partial charge in [0.2, 0.25) is 0 Å². The molecule has 0 N–H and O–H groups in total. The van der Waals surface area contributed by atoms with Crippen LogP contribution in [-0.2, 0) is 6.42 Å². The van der Waals surface area contributed by atoms with E-state index in [9.17, 15) is 0 Å². The van der Waals surface area contributed by atoms with E-state index in [1.807, 2.05) is 12.2 Å². The second kappa shape index (κ2) is 9.65. The van der Waals surface area contributed by atoms with Gasteiger partial charge < -0.3 is 0 Å². The van der Waals surface area contributed by atoms with Gasteiger partial charge >= 0.3 is 0 Å². The first-order valence-corrected chi connectivity index (χ1v) is 11.7. The van der Waals surface area contributed by atoms with Crippen molar-refractivity contribution in [2.75, 3.05) is 0 Å². The maximum absolute atomic E-state index is 5.05. The van der Waals surface area contributed by atoms with E-state index >= 15 is 0 Å². The molecule has 0 saturated heterocycles. The molecular formula is C30H34N2. The van der Waals surface area contributed by atoms with E-state index in [0.717, 1.165) is 35.6 Å². The van der Waals surface area contributed by atoms with E-state index in [-0.39, 0.29) is 0 Å². The molecule has 164 valence electrons. The number of aromatic nitrogens is 1. The van der Waals surface area contributed by atoms with Gasteiger partial charge in [-0.15, -0.1) is 0 Å². The lowest BCUT2D eigenvalue weighted by atomic mass is 9.86. The van der Waals surface area contributed by atoms with Crippen LogP contribution in [0.5, 0.6) is 0 Å². The fraction of sp³-hybridized carbons (Fsp3) is 0.333. The van der Waals surface area contributed by atoms with Crippen molar-refractivity contribution in [1.82, 2.24) is 4.98 Å². The first-order valence-electron chi connectivity index (χ1n) is 11.7. The predicted octanol–water partition coefficient (Wildman–Crippen LogP) is 7.62. The van der Waals surface area contributed by atoms with E-state index in [1.54, 1.807) is 6.08 Å². The van der Waals surface area contributed by atoms with Crippen LogP contribution in [0.1, 0.15) is 62.0 Å². The Bertz CT molecular complexity index is 1120. The highest BCUT2D eigenvalue weighted by atomic mass is 14.8. The van der Waals surface area contributed by atoms with Gasteiger partial charge in [0.05, 0.1) is 11.4 Å². The zero-order valence-corrected chi connectivity index (χ0v) is 19.8. The van der Waals surface area contributed by atoms with Gasteiger partial charge in [0, 0.05) is 11.4 Å². The summed E-state index contributed by atoms with van der Waals surface area (Å²) in [5.74, 6) is 1.84. The molecule has 0 radical (unpaired) electrons. The molecule has 0 bridgehead atoms. The van der Waals surface area contributed by atoms with Crippen LogP contribution in [0, 0.1) is 18.8 Å². The minimum atomic E-state index is 0.582. The van der Waals surface area contributed by atoms with Gasteiger partial charge in [-0.1, -0.05) is 61.3 Å². The third-order valence-corrected chi connectivity index (χ3v) is 6.59. The van der Waals surface area contributed by atoms with E-state index in [1.165, 1.54) is 28.7 Å². The SMILES string of the molecule is C=C\C=C/C=C(C)/C(C)=C/C(C)=NC1=CC2CC2c2c(CC3C=CC=CC3)cc(C)nc21. The molecule has 2 heteroatoms. The monoisotopic (exact) mass is 422 g/mol. The van der Waals surface area contributed by atoms with Gasteiger partial charge in [0.1, 0.15) is 0 Å². The Labute approximate surface area is 193 Å². The van der Waals surface area contributed by atoms with Crippen LogP contribution in [0.15, 0.2) is 89.5 Å². The van der Waals surface area contributed by atoms with Crippen molar-refractivity contribution < 1.29 is 0 Å². The van der Waals surface area contributed by atoms with Crippen molar-refractivity contribution in [2.24, 2.45) is 16.8 Å². The van der Waals surface area contributed by atoms with Crippen LogP contribution in [0.2, 0.25) is 0 Å². The molecule has 1 aromatic rings. The number of rotatable bonds is 7. The third kappa shape index (κ3) is 5.07. The zero-order chi connectivity index (χ0) is 22.7. The Morgan fingerprint density at radius 2 is 2.03 bits per heavy atom. The van der Waals surface area contributed by atoms with Crippen molar-refractivity contribution >= 4 is 11.4 Å². The highest BCUT2D eigenvalue weighted by Crippen LogP contribution is 2.55. The normalized spacial score (nSPS) is 24.9. The van der Waals surface area contributed by atoms with E-state index in [4.69, 9.17) is 9.98 Å². The highest BCUT2D eigenvalue weighted by Gasteiger charge is 2.44. The lowest BCUT2D eigenvalue weighted by molar-refractivity contribution is 0.646. The molecule has 2 nitrogen and oxygen atoms in total. The van der Waals surface area contributed by atoms with Crippen LogP contribution < -0.4 is 0 Å². The van der Waals surface area contributed by atoms with Gasteiger partial charge in [-0.3, -0.25) is 9.98 Å². The lowest BCUT2D eigenvalue weighted by Gasteiger charge is -2.21. The molecule has 0 aromatic carbocycles. The van der Waals surface area contributed by atoms with Gasteiger partial charge in [-0.2, -0.15) is 0 Å². The predicted molar refractivity (Wildman–Crippen MR) is 138 cm³/mol. The standard InChI is InChI=1S/C30H34N2/c1-6-7-9-12-20(2)21(3)15-22(4)31-28-19-25-18-27(25)29-26(16-23(5)32-30(28)29)17-24-13-10-8-11-14-24/h6-13,15-16,19,24-25,27H,1,14,17-18H2,2-5H3/b9-7-,20-12+,21-15+,31-22?. The summed E-state index contributed by atoms with van der Waals surface area (Å²) in [6.07, 6.45) is 24.8. The Morgan fingerprint density at radius 3 is 2.78 bits per heavy atom. The zero-order valence-electron chi connectivity index (χ0n) is 19.8. The van der Waals surface area contributed by atoms with E-state index in [0.29, 0.717) is 17.8 Å². The van der Waals surface area contributed by atoms with Crippen molar-refractivity contribution in [3.8, 4) is 0 Å². The Balaban J connectivity index is 1.64. The summed E-state index contributed by atoms with van der Waals surface area (Å²) >= 11 is 0. The third-order valence-electron chi connectivity index (χ3n) is 6.59. The average Bonchev–Trinajstić information content (AvgIpc) is 3.53. The number of hydrogen-bond donors (Lipinski definition) is 0. The molecule has 1 fully saturated rings. The number of fused-ring (bicyclic) bond motifs is 3. The maximum Gasteiger partial charge on any atom is 0.0923 e. The Morgan fingerprint density at radius 1 is 1.19 bits per heavy atom. The first kappa shape index (κ1) is 22.2. The summed E-state index contributed by atoms with van der Waals surface area (Å²) in [6.45, 7) is 12.2. The van der Waals surface area contributed by atoms with Gasteiger partial charge in [-0.25, -0.2) is 0 Å². The van der Waals surface area contributed by atoms with E-state index < -0.39 is 0 Å². The fourth-order valence-corrected chi connectivity index (χ4v) is 4.76. The van der Waals surface area contributed by atoms with Gasteiger partial charge in [0.15, 0.2) is 0 Å². The second-order valence-electron chi connectivity index (χ2n) is 9.31. The number of nitrogens with zero attached hydrogens (tertiary/aromatic N) is 2. The van der Waals surface area contributed by atoms with Crippen molar-refractivity contribution in [2.45, 2.75) is 52.9 Å². The Kier molecular flexibility index (Phi) is 6.69. The maximum atomic E-state index is 5.05. The van der Waals surface area contributed by atoms with Gasteiger partial charge in [-0.05, 0) is 99.1 Å². The van der Waals surface area contributed by atoms with Crippen LogP contribution in [-0.4, -0.2) is 10.7 Å². The van der Waals surface area contributed by atoms with Crippen molar-refractivity contribution in [3.63, 3.8) is 0 Å². The second-order valence-corrected chi connectivity index (χ2v) is 9.31. The Hall–Kier alpha value is -3.00. The number of pyridine rings is 1. The molecule has 4 rings (SSSR count). The number of allylic oxidation sites excluding steroid dienone is 12. The topological polar surface area (TPSA) is 25.2 Å². The van der Waals surface area contributed by atoms with Crippen molar-refractivity contribution in [3.05, 3.63) is 107 Å².